The van der Waals surface area contributed by atoms with E-state index < -0.39 is 5.97 Å². The Labute approximate surface area is 98.5 Å². The Hall–Kier alpha value is -1.55. The fourth-order valence-corrected chi connectivity index (χ4v) is 1.39. The summed E-state index contributed by atoms with van der Waals surface area (Å²) in [6, 6.07) is 7.04. The molecule has 0 amide bonds. The molecule has 0 aliphatic heterocycles. The molecule has 1 rings (SSSR count). The van der Waals surface area contributed by atoms with Crippen LogP contribution in [0, 0.1) is 0 Å². The SMILES string of the molecule is CCOC(=O)/C(Cc1ccccc1Cl)=N\O. The van der Waals surface area contributed by atoms with Crippen molar-refractivity contribution in [3.8, 4) is 0 Å². The zero-order valence-electron chi connectivity index (χ0n) is 8.81. The molecule has 16 heavy (non-hydrogen) atoms. The highest BCUT2D eigenvalue weighted by molar-refractivity contribution is 6.37. The van der Waals surface area contributed by atoms with Crippen molar-refractivity contribution in [1.29, 1.82) is 0 Å². The number of rotatable bonds is 4. The number of halogens is 1. The van der Waals surface area contributed by atoms with Gasteiger partial charge in [0, 0.05) is 11.4 Å². The van der Waals surface area contributed by atoms with Gasteiger partial charge in [0.25, 0.3) is 0 Å². The summed E-state index contributed by atoms with van der Waals surface area (Å²) in [4.78, 5) is 11.3. The predicted molar refractivity (Wildman–Crippen MR) is 61.0 cm³/mol. The summed E-state index contributed by atoms with van der Waals surface area (Å²) in [5.74, 6) is -0.634. The van der Waals surface area contributed by atoms with Gasteiger partial charge in [0.1, 0.15) is 0 Å². The number of hydrogen-bond acceptors (Lipinski definition) is 4. The summed E-state index contributed by atoms with van der Waals surface area (Å²) in [5.41, 5.74) is 0.653. The van der Waals surface area contributed by atoms with Gasteiger partial charge in [-0.2, -0.15) is 0 Å². The van der Waals surface area contributed by atoms with Gasteiger partial charge in [-0.05, 0) is 18.6 Å². The normalized spacial score (nSPS) is 11.2. The molecule has 4 nitrogen and oxygen atoms in total. The molecule has 1 aromatic carbocycles. The van der Waals surface area contributed by atoms with Crippen LogP contribution < -0.4 is 0 Å². The Morgan fingerprint density at radius 1 is 1.50 bits per heavy atom. The molecule has 5 heteroatoms. The second-order valence-corrected chi connectivity index (χ2v) is 3.44. The van der Waals surface area contributed by atoms with Crippen molar-refractivity contribution in [1.82, 2.24) is 0 Å². The summed E-state index contributed by atoms with van der Waals surface area (Å²) in [6.45, 7) is 1.92. The van der Waals surface area contributed by atoms with Crippen LogP contribution in [0.2, 0.25) is 5.02 Å². The monoisotopic (exact) mass is 241 g/mol. The maximum Gasteiger partial charge on any atom is 0.356 e. The standard InChI is InChI=1S/C11H12ClNO3/c1-2-16-11(14)10(13-15)7-8-5-3-4-6-9(8)12/h3-6,15H,2,7H2,1H3/b13-10-. The third kappa shape index (κ3) is 3.24. The topological polar surface area (TPSA) is 58.9 Å². The minimum atomic E-state index is -0.634. The van der Waals surface area contributed by atoms with Gasteiger partial charge in [0.15, 0.2) is 5.71 Å². The van der Waals surface area contributed by atoms with E-state index in [9.17, 15) is 4.79 Å². The molecule has 0 unspecified atom stereocenters. The maximum absolute atomic E-state index is 11.3. The van der Waals surface area contributed by atoms with E-state index >= 15 is 0 Å². The van der Waals surface area contributed by atoms with Crippen molar-refractivity contribution < 1.29 is 14.7 Å². The average Bonchev–Trinajstić information content (AvgIpc) is 2.28. The molecule has 1 aromatic rings. The number of hydrogen-bond donors (Lipinski definition) is 1. The van der Waals surface area contributed by atoms with E-state index in [2.05, 4.69) is 5.16 Å². The highest BCUT2D eigenvalue weighted by atomic mass is 35.5. The highest BCUT2D eigenvalue weighted by Gasteiger charge is 2.15. The van der Waals surface area contributed by atoms with Crippen molar-refractivity contribution in [2.45, 2.75) is 13.3 Å². The molecule has 0 bridgehead atoms. The number of esters is 1. The van der Waals surface area contributed by atoms with Crippen LogP contribution in [0.25, 0.3) is 0 Å². The summed E-state index contributed by atoms with van der Waals surface area (Å²) >= 11 is 5.92. The first-order valence-corrected chi connectivity index (χ1v) is 5.18. The molecular weight excluding hydrogens is 230 g/mol. The van der Waals surface area contributed by atoms with Crippen LogP contribution in [-0.4, -0.2) is 23.5 Å². The number of carbonyl (C=O) groups excluding carboxylic acids is 1. The quantitative estimate of drug-likeness (QED) is 0.381. The van der Waals surface area contributed by atoms with Gasteiger partial charge in [0.2, 0.25) is 0 Å². The lowest BCUT2D eigenvalue weighted by molar-refractivity contribution is -0.135. The molecule has 0 atom stereocenters. The van der Waals surface area contributed by atoms with E-state index in [1.54, 1.807) is 31.2 Å². The number of ether oxygens (including phenoxy) is 1. The summed E-state index contributed by atoms with van der Waals surface area (Å²) in [7, 11) is 0. The third-order valence-electron chi connectivity index (χ3n) is 1.95. The zero-order chi connectivity index (χ0) is 12.0. The Balaban J connectivity index is 2.79. The van der Waals surface area contributed by atoms with E-state index in [0.29, 0.717) is 10.6 Å². The van der Waals surface area contributed by atoms with Gasteiger partial charge >= 0.3 is 5.97 Å². The number of oxime groups is 1. The molecule has 0 saturated heterocycles. The largest absolute Gasteiger partial charge is 0.461 e. The summed E-state index contributed by atoms with van der Waals surface area (Å²) < 4.78 is 4.73. The fraction of sp³-hybridized carbons (Fsp3) is 0.273. The van der Waals surface area contributed by atoms with Gasteiger partial charge in [-0.1, -0.05) is 35.0 Å². The third-order valence-corrected chi connectivity index (χ3v) is 2.32. The van der Waals surface area contributed by atoms with Crippen molar-refractivity contribution >= 4 is 23.3 Å². The molecule has 0 aliphatic rings. The Bertz CT molecular complexity index is 404. The highest BCUT2D eigenvalue weighted by Crippen LogP contribution is 2.16. The first-order valence-electron chi connectivity index (χ1n) is 4.80. The Morgan fingerprint density at radius 3 is 2.75 bits per heavy atom. The number of nitrogens with zero attached hydrogens (tertiary/aromatic N) is 1. The lowest BCUT2D eigenvalue weighted by atomic mass is 10.1. The lowest BCUT2D eigenvalue weighted by Crippen LogP contribution is -2.20. The summed E-state index contributed by atoms with van der Waals surface area (Å²) in [6.07, 6.45) is 0.148. The minimum Gasteiger partial charge on any atom is -0.461 e. The van der Waals surface area contributed by atoms with Crippen molar-refractivity contribution in [3.05, 3.63) is 34.9 Å². The first kappa shape index (κ1) is 12.5. The van der Waals surface area contributed by atoms with Crippen LogP contribution >= 0.6 is 11.6 Å². The van der Waals surface area contributed by atoms with Crippen LogP contribution in [0.3, 0.4) is 0 Å². The van der Waals surface area contributed by atoms with Crippen molar-refractivity contribution in [2.24, 2.45) is 5.16 Å². The van der Waals surface area contributed by atoms with E-state index in [0.717, 1.165) is 0 Å². The Morgan fingerprint density at radius 2 is 2.19 bits per heavy atom. The van der Waals surface area contributed by atoms with Crippen LogP contribution in [0.5, 0.6) is 0 Å². The van der Waals surface area contributed by atoms with Gasteiger partial charge in [0.05, 0.1) is 6.61 Å². The van der Waals surface area contributed by atoms with E-state index in [1.165, 1.54) is 0 Å². The van der Waals surface area contributed by atoms with Crippen LogP contribution in [0.4, 0.5) is 0 Å². The van der Waals surface area contributed by atoms with Crippen LogP contribution in [0.1, 0.15) is 12.5 Å². The van der Waals surface area contributed by atoms with Crippen molar-refractivity contribution in [3.63, 3.8) is 0 Å². The number of benzene rings is 1. The maximum atomic E-state index is 11.3. The molecule has 0 radical (unpaired) electrons. The molecule has 0 spiro atoms. The van der Waals surface area contributed by atoms with Crippen molar-refractivity contribution in [2.75, 3.05) is 6.61 Å². The molecule has 1 N–H and O–H groups in total. The number of carbonyl (C=O) groups is 1. The molecule has 0 heterocycles. The smallest absolute Gasteiger partial charge is 0.356 e. The van der Waals surface area contributed by atoms with Crippen LogP contribution in [-0.2, 0) is 16.0 Å². The van der Waals surface area contributed by atoms with Gasteiger partial charge in [-0.3, -0.25) is 0 Å². The molecule has 0 saturated carbocycles. The summed E-state index contributed by atoms with van der Waals surface area (Å²) in [5, 5.41) is 12.2. The van der Waals surface area contributed by atoms with Gasteiger partial charge in [-0.25, -0.2) is 4.79 Å². The van der Waals surface area contributed by atoms with E-state index in [1.807, 2.05) is 0 Å². The van der Waals surface area contributed by atoms with Crippen LogP contribution in [0.15, 0.2) is 29.4 Å². The average molecular weight is 242 g/mol. The molecule has 0 fully saturated rings. The van der Waals surface area contributed by atoms with Gasteiger partial charge in [-0.15, -0.1) is 0 Å². The minimum absolute atomic E-state index is 0.0602. The lowest BCUT2D eigenvalue weighted by Gasteiger charge is -2.05. The Kier molecular flexibility index (Phi) is 4.79. The van der Waals surface area contributed by atoms with E-state index in [4.69, 9.17) is 21.5 Å². The molecular formula is C11H12ClNO3. The van der Waals surface area contributed by atoms with E-state index in [-0.39, 0.29) is 18.7 Å². The predicted octanol–water partition coefficient (Wildman–Crippen LogP) is 2.28. The fourth-order valence-electron chi connectivity index (χ4n) is 1.18. The molecule has 0 aromatic heterocycles. The first-order chi connectivity index (χ1) is 7.69. The second-order valence-electron chi connectivity index (χ2n) is 3.04. The zero-order valence-corrected chi connectivity index (χ0v) is 9.57. The van der Waals surface area contributed by atoms with Gasteiger partial charge < -0.3 is 9.94 Å². The second kappa shape index (κ2) is 6.12. The molecule has 0 aliphatic carbocycles. The molecule has 86 valence electrons.